The van der Waals surface area contributed by atoms with Crippen molar-refractivity contribution in [1.29, 1.82) is 0 Å². The van der Waals surface area contributed by atoms with Crippen molar-refractivity contribution in [3.8, 4) is 0 Å². The van der Waals surface area contributed by atoms with Crippen LogP contribution < -0.4 is 11.3 Å². The van der Waals surface area contributed by atoms with Crippen molar-refractivity contribution >= 4 is 32.8 Å². The molecule has 5 heteroatoms. The van der Waals surface area contributed by atoms with Gasteiger partial charge in [-0.2, -0.15) is 0 Å². The van der Waals surface area contributed by atoms with Gasteiger partial charge in [-0.1, -0.05) is 6.07 Å². The number of benzene rings is 1. The van der Waals surface area contributed by atoms with Gasteiger partial charge in [0.1, 0.15) is 0 Å². The van der Waals surface area contributed by atoms with Gasteiger partial charge in [-0.3, -0.25) is 9.78 Å². The van der Waals surface area contributed by atoms with Gasteiger partial charge < -0.3 is 5.73 Å². The highest BCUT2D eigenvalue weighted by Gasteiger charge is 2.04. The molecule has 4 nitrogen and oxygen atoms in total. The van der Waals surface area contributed by atoms with Crippen LogP contribution in [0.25, 0.3) is 10.9 Å². The highest BCUT2D eigenvalue weighted by molar-refractivity contribution is 9.10. The van der Waals surface area contributed by atoms with E-state index in [2.05, 4.69) is 25.9 Å². The average Bonchev–Trinajstić information content (AvgIpc) is 2.02. The Morgan fingerprint density at radius 2 is 2.23 bits per heavy atom. The van der Waals surface area contributed by atoms with Crippen LogP contribution in [0.1, 0.15) is 0 Å². The Bertz CT molecular complexity index is 520. The Balaban J connectivity index is 3.03. The van der Waals surface area contributed by atoms with Crippen LogP contribution in [0.5, 0.6) is 0 Å². The third-order valence-electron chi connectivity index (χ3n) is 1.70. The lowest BCUT2D eigenvalue weighted by Gasteiger charge is -1.99. The molecule has 3 N–H and O–H groups in total. The maximum Gasteiger partial charge on any atom is 0.261 e. The van der Waals surface area contributed by atoms with E-state index in [9.17, 15) is 4.79 Å². The fraction of sp³-hybridized carbons (Fsp3) is 0. The van der Waals surface area contributed by atoms with E-state index in [-0.39, 0.29) is 11.5 Å². The number of fused-ring (bicyclic) bond motifs is 1. The molecule has 0 atom stereocenters. The molecule has 2 rings (SSSR count). The SMILES string of the molecule is Nc1nc2cccc(Br)c2c(=O)[nH]1. The Labute approximate surface area is 81.9 Å². The number of nitrogen functional groups attached to an aromatic ring is 1. The molecule has 0 radical (unpaired) electrons. The molecule has 0 saturated heterocycles. The van der Waals surface area contributed by atoms with E-state index in [1.54, 1.807) is 18.2 Å². The van der Waals surface area contributed by atoms with Crippen molar-refractivity contribution in [2.75, 3.05) is 5.73 Å². The Morgan fingerprint density at radius 1 is 1.46 bits per heavy atom. The van der Waals surface area contributed by atoms with E-state index in [0.717, 1.165) is 4.47 Å². The molecular formula is C8H6BrN3O. The van der Waals surface area contributed by atoms with E-state index in [1.165, 1.54) is 0 Å². The van der Waals surface area contributed by atoms with E-state index in [1.807, 2.05) is 0 Å². The predicted molar refractivity (Wildman–Crippen MR) is 54.5 cm³/mol. The molecule has 1 aromatic carbocycles. The van der Waals surface area contributed by atoms with E-state index < -0.39 is 0 Å². The second kappa shape index (κ2) is 2.85. The first-order chi connectivity index (χ1) is 6.18. The molecule has 1 heterocycles. The normalized spacial score (nSPS) is 10.5. The number of nitrogens with two attached hydrogens (primary N) is 1. The zero-order chi connectivity index (χ0) is 9.42. The lowest BCUT2D eigenvalue weighted by molar-refractivity contribution is 1.19. The highest BCUT2D eigenvalue weighted by Crippen LogP contribution is 2.18. The summed E-state index contributed by atoms with van der Waals surface area (Å²) in [5, 5.41) is 0.525. The largest absolute Gasteiger partial charge is 0.369 e. The van der Waals surface area contributed by atoms with E-state index in [0.29, 0.717) is 10.9 Å². The maximum atomic E-state index is 11.4. The summed E-state index contributed by atoms with van der Waals surface area (Å²) in [5.74, 6) is 0.135. The number of hydrogen-bond donors (Lipinski definition) is 2. The summed E-state index contributed by atoms with van der Waals surface area (Å²) in [4.78, 5) is 17.8. The monoisotopic (exact) mass is 239 g/mol. The summed E-state index contributed by atoms with van der Waals surface area (Å²) in [6, 6.07) is 5.33. The van der Waals surface area contributed by atoms with Gasteiger partial charge in [-0.15, -0.1) is 0 Å². The number of rotatable bonds is 0. The fourth-order valence-corrected chi connectivity index (χ4v) is 1.70. The number of nitrogens with zero attached hydrogens (tertiary/aromatic N) is 1. The Morgan fingerprint density at radius 3 is 3.00 bits per heavy atom. The number of aromatic nitrogens is 2. The Hall–Kier alpha value is -1.36. The molecule has 2 aromatic rings. The molecule has 1 aromatic heterocycles. The molecule has 0 unspecified atom stereocenters. The van der Waals surface area contributed by atoms with Crippen LogP contribution in [0.3, 0.4) is 0 Å². The standard InChI is InChI=1S/C8H6BrN3O/c9-4-2-1-3-5-6(4)7(13)12-8(10)11-5/h1-3H,(H3,10,11,12,13). The summed E-state index contributed by atoms with van der Waals surface area (Å²) >= 11 is 3.27. The minimum Gasteiger partial charge on any atom is -0.369 e. The van der Waals surface area contributed by atoms with Gasteiger partial charge in [0, 0.05) is 4.47 Å². The molecule has 13 heavy (non-hydrogen) atoms. The van der Waals surface area contributed by atoms with Crippen molar-refractivity contribution < 1.29 is 0 Å². The summed E-state index contributed by atoms with van der Waals surface area (Å²) in [6.45, 7) is 0. The van der Waals surface area contributed by atoms with Crippen molar-refractivity contribution in [2.24, 2.45) is 0 Å². The number of hydrogen-bond acceptors (Lipinski definition) is 3. The topological polar surface area (TPSA) is 71.8 Å². The van der Waals surface area contributed by atoms with Gasteiger partial charge in [-0.25, -0.2) is 4.98 Å². The van der Waals surface area contributed by atoms with Crippen LogP contribution in [-0.2, 0) is 0 Å². The van der Waals surface area contributed by atoms with Crippen LogP contribution >= 0.6 is 15.9 Å². The van der Waals surface area contributed by atoms with Gasteiger partial charge in [0.2, 0.25) is 5.95 Å². The highest BCUT2D eigenvalue weighted by atomic mass is 79.9. The van der Waals surface area contributed by atoms with Crippen LogP contribution in [-0.4, -0.2) is 9.97 Å². The van der Waals surface area contributed by atoms with Crippen LogP contribution in [0.15, 0.2) is 27.5 Å². The van der Waals surface area contributed by atoms with Crippen LogP contribution in [0.2, 0.25) is 0 Å². The molecule has 0 amide bonds. The second-order valence-electron chi connectivity index (χ2n) is 2.59. The van der Waals surface area contributed by atoms with Crippen molar-refractivity contribution in [3.05, 3.63) is 33.0 Å². The fourth-order valence-electron chi connectivity index (χ4n) is 1.17. The van der Waals surface area contributed by atoms with Crippen molar-refractivity contribution in [2.45, 2.75) is 0 Å². The lowest BCUT2D eigenvalue weighted by atomic mass is 10.2. The minimum absolute atomic E-state index is 0.135. The minimum atomic E-state index is -0.227. The molecule has 0 saturated carbocycles. The number of halogens is 1. The molecule has 0 aliphatic carbocycles. The van der Waals surface area contributed by atoms with Crippen LogP contribution in [0.4, 0.5) is 5.95 Å². The van der Waals surface area contributed by atoms with Crippen molar-refractivity contribution in [1.82, 2.24) is 9.97 Å². The van der Waals surface area contributed by atoms with Gasteiger partial charge in [-0.05, 0) is 28.1 Å². The quantitative estimate of drug-likeness (QED) is 0.728. The number of H-pyrrole nitrogens is 1. The first-order valence-electron chi connectivity index (χ1n) is 3.62. The number of anilines is 1. The maximum absolute atomic E-state index is 11.4. The first kappa shape index (κ1) is 8.25. The van der Waals surface area contributed by atoms with E-state index in [4.69, 9.17) is 5.73 Å². The number of aromatic amines is 1. The van der Waals surface area contributed by atoms with Gasteiger partial charge in [0.05, 0.1) is 10.9 Å². The summed E-state index contributed by atoms with van der Waals surface area (Å²) < 4.78 is 0.721. The molecule has 0 spiro atoms. The van der Waals surface area contributed by atoms with Crippen LogP contribution in [0, 0.1) is 0 Å². The zero-order valence-electron chi connectivity index (χ0n) is 6.54. The average molecular weight is 240 g/mol. The smallest absolute Gasteiger partial charge is 0.261 e. The molecule has 0 fully saturated rings. The summed E-state index contributed by atoms with van der Waals surface area (Å²) in [7, 11) is 0. The van der Waals surface area contributed by atoms with E-state index >= 15 is 0 Å². The molecule has 0 bridgehead atoms. The first-order valence-corrected chi connectivity index (χ1v) is 4.42. The number of nitrogens with one attached hydrogen (secondary N) is 1. The van der Waals surface area contributed by atoms with Gasteiger partial charge in [0.25, 0.3) is 5.56 Å². The lowest BCUT2D eigenvalue weighted by Crippen LogP contribution is -2.11. The van der Waals surface area contributed by atoms with Gasteiger partial charge in [0.15, 0.2) is 0 Å². The second-order valence-corrected chi connectivity index (χ2v) is 3.44. The van der Waals surface area contributed by atoms with Gasteiger partial charge >= 0.3 is 0 Å². The third kappa shape index (κ3) is 1.31. The summed E-state index contributed by atoms with van der Waals surface area (Å²) in [6.07, 6.45) is 0. The molecule has 66 valence electrons. The summed E-state index contributed by atoms with van der Waals surface area (Å²) in [5.41, 5.74) is 5.76. The molecule has 0 aliphatic rings. The Kier molecular flexibility index (Phi) is 1.81. The molecular weight excluding hydrogens is 234 g/mol. The van der Waals surface area contributed by atoms with Crippen molar-refractivity contribution in [3.63, 3.8) is 0 Å². The predicted octanol–water partition coefficient (Wildman–Crippen LogP) is 1.27. The zero-order valence-corrected chi connectivity index (χ0v) is 8.13. The molecule has 0 aliphatic heterocycles. The third-order valence-corrected chi connectivity index (χ3v) is 2.36.